The molecule has 0 bridgehead atoms. The van der Waals surface area contributed by atoms with Crippen LogP contribution < -0.4 is 9.62 Å². The highest BCUT2D eigenvalue weighted by Gasteiger charge is 2.24. The largest absolute Gasteiger partial charge is 0.318 e. The van der Waals surface area contributed by atoms with Gasteiger partial charge in [-0.3, -0.25) is 9.52 Å². The third-order valence-corrected chi connectivity index (χ3v) is 5.76. The van der Waals surface area contributed by atoms with Gasteiger partial charge in [-0.15, -0.1) is 11.3 Å². The van der Waals surface area contributed by atoms with Gasteiger partial charge in [0.2, 0.25) is 0 Å². The second-order valence-corrected chi connectivity index (χ2v) is 8.03. The molecular formula is C19H24N4OS2. The van der Waals surface area contributed by atoms with E-state index in [1.807, 2.05) is 44.5 Å². The van der Waals surface area contributed by atoms with E-state index in [0.29, 0.717) is 17.2 Å². The van der Waals surface area contributed by atoms with Gasteiger partial charge in [0, 0.05) is 17.1 Å². The van der Waals surface area contributed by atoms with Crippen molar-refractivity contribution in [3.8, 4) is 6.07 Å². The molecule has 0 saturated heterocycles. The van der Waals surface area contributed by atoms with Gasteiger partial charge in [0.25, 0.3) is 0 Å². The first-order chi connectivity index (χ1) is 12.6. The van der Waals surface area contributed by atoms with Crippen molar-refractivity contribution < 1.29 is 4.79 Å². The monoisotopic (exact) mass is 388 g/mol. The maximum Gasteiger partial charge on any atom is 0.190 e. The van der Waals surface area contributed by atoms with Crippen LogP contribution in [0.2, 0.25) is 0 Å². The summed E-state index contributed by atoms with van der Waals surface area (Å²) < 4.78 is 2.85. The van der Waals surface area contributed by atoms with Crippen molar-refractivity contribution >= 4 is 40.4 Å². The highest BCUT2D eigenvalue weighted by molar-refractivity contribution is 7.96. The van der Waals surface area contributed by atoms with Crippen LogP contribution in [0.5, 0.6) is 0 Å². The molecule has 1 aliphatic rings. The molecule has 0 spiro atoms. The molecule has 1 heterocycles. The van der Waals surface area contributed by atoms with E-state index in [0.717, 1.165) is 28.5 Å². The van der Waals surface area contributed by atoms with Crippen LogP contribution in [-0.4, -0.2) is 31.1 Å². The predicted octanol–water partition coefficient (Wildman–Crippen LogP) is 4.56. The van der Waals surface area contributed by atoms with Crippen molar-refractivity contribution in [2.75, 3.05) is 24.7 Å². The second-order valence-electron chi connectivity index (χ2n) is 6.03. The van der Waals surface area contributed by atoms with E-state index in [9.17, 15) is 4.79 Å². The number of hydrogen-bond donors (Lipinski definition) is 1. The molecule has 1 aromatic heterocycles. The number of rotatable bonds is 6. The molecule has 1 aromatic carbocycles. The molecule has 3 rings (SSSR count). The molecule has 0 amide bonds. The lowest BCUT2D eigenvalue weighted by Crippen LogP contribution is -2.29. The van der Waals surface area contributed by atoms with Gasteiger partial charge in [-0.1, -0.05) is 18.4 Å². The zero-order chi connectivity index (χ0) is 18.9. The molecule has 138 valence electrons. The molecular weight excluding hydrogens is 364 g/mol. The van der Waals surface area contributed by atoms with E-state index in [1.165, 1.54) is 19.3 Å². The van der Waals surface area contributed by atoms with E-state index in [2.05, 4.69) is 20.7 Å². The molecule has 0 radical (unpaired) electrons. The van der Waals surface area contributed by atoms with Crippen LogP contribution in [0, 0.1) is 24.2 Å². The quantitative estimate of drug-likeness (QED) is 0.578. The Balaban J connectivity index is 0.000000552. The predicted molar refractivity (Wildman–Crippen MR) is 110 cm³/mol. The van der Waals surface area contributed by atoms with Crippen LogP contribution >= 0.6 is 23.3 Å². The number of aromatic nitrogens is 1. The summed E-state index contributed by atoms with van der Waals surface area (Å²) in [5.74, 6) is 0.680. The third kappa shape index (κ3) is 5.31. The summed E-state index contributed by atoms with van der Waals surface area (Å²) in [6.07, 6.45) is 6.59. The summed E-state index contributed by atoms with van der Waals surface area (Å²) in [7, 11) is 1.89. The van der Waals surface area contributed by atoms with Crippen molar-refractivity contribution in [3.63, 3.8) is 0 Å². The average molecular weight is 389 g/mol. The Labute approximate surface area is 163 Å². The molecule has 2 aromatic rings. The smallest absolute Gasteiger partial charge is 0.190 e. The lowest BCUT2D eigenvalue weighted by Gasteiger charge is -2.32. The molecule has 1 saturated carbocycles. The number of carbonyl (C=O) groups is 1. The normalized spacial score (nSPS) is 13.2. The van der Waals surface area contributed by atoms with Crippen molar-refractivity contribution in [3.05, 3.63) is 40.4 Å². The Morgan fingerprint density at radius 1 is 1.42 bits per heavy atom. The fourth-order valence-electron chi connectivity index (χ4n) is 2.56. The van der Waals surface area contributed by atoms with Gasteiger partial charge in [0.1, 0.15) is 5.69 Å². The number of anilines is 2. The van der Waals surface area contributed by atoms with Gasteiger partial charge in [0.05, 0.1) is 11.6 Å². The molecule has 5 nitrogen and oxygen atoms in total. The Kier molecular flexibility index (Phi) is 8.10. The highest BCUT2D eigenvalue weighted by atomic mass is 32.2. The standard InChI is InChI=1S/C17H17N3OS.C2H7NS/c1-12-16(11-21)19-17(22-12)20(10-14-3-2-4-14)15-7-5-13(9-18)6-8-15;1-3-4-2/h5-8,11,14H,2-4,10H2,1H3;3H,1-2H3. The van der Waals surface area contributed by atoms with Gasteiger partial charge in [-0.25, -0.2) is 4.98 Å². The van der Waals surface area contributed by atoms with Crippen LogP contribution in [0.25, 0.3) is 0 Å². The lowest BCUT2D eigenvalue weighted by atomic mass is 9.85. The molecule has 1 N–H and O–H groups in total. The third-order valence-electron chi connectivity index (χ3n) is 4.34. The number of nitrogens with one attached hydrogen (secondary N) is 1. The Bertz CT molecular complexity index is 746. The summed E-state index contributed by atoms with van der Waals surface area (Å²) >= 11 is 3.15. The Hall–Kier alpha value is -1.88. The van der Waals surface area contributed by atoms with E-state index in [1.54, 1.807) is 23.3 Å². The maximum absolute atomic E-state index is 11.1. The number of hydrogen-bond acceptors (Lipinski definition) is 7. The molecule has 1 aliphatic carbocycles. The van der Waals surface area contributed by atoms with Gasteiger partial charge >= 0.3 is 0 Å². The molecule has 0 atom stereocenters. The number of aldehydes is 1. The minimum atomic E-state index is 0.521. The number of nitriles is 1. The molecule has 7 heteroatoms. The molecule has 1 fully saturated rings. The Morgan fingerprint density at radius 2 is 2.08 bits per heavy atom. The first-order valence-electron chi connectivity index (χ1n) is 8.53. The number of thiazole rings is 1. The minimum Gasteiger partial charge on any atom is -0.318 e. The zero-order valence-electron chi connectivity index (χ0n) is 15.4. The van der Waals surface area contributed by atoms with Crippen LogP contribution in [-0.2, 0) is 0 Å². The summed E-state index contributed by atoms with van der Waals surface area (Å²) in [5.41, 5.74) is 2.19. The maximum atomic E-state index is 11.1. The number of benzene rings is 1. The van der Waals surface area contributed by atoms with Crippen molar-refractivity contribution in [1.82, 2.24) is 9.71 Å². The first kappa shape index (κ1) is 20.4. The van der Waals surface area contributed by atoms with Crippen molar-refractivity contribution in [1.29, 1.82) is 5.26 Å². The summed E-state index contributed by atoms with van der Waals surface area (Å²) in [6, 6.07) is 9.69. The van der Waals surface area contributed by atoms with Gasteiger partial charge in [-0.2, -0.15) is 5.26 Å². The minimum absolute atomic E-state index is 0.521. The van der Waals surface area contributed by atoms with E-state index in [4.69, 9.17) is 5.26 Å². The fraction of sp³-hybridized carbons (Fsp3) is 0.421. The first-order valence-corrected chi connectivity index (χ1v) is 10.6. The lowest BCUT2D eigenvalue weighted by molar-refractivity contribution is 0.111. The van der Waals surface area contributed by atoms with Crippen molar-refractivity contribution in [2.45, 2.75) is 26.2 Å². The van der Waals surface area contributed by atoms with Crippen molar-refractivity contribution in [2.24, 2.45) is 5.92 Å². The van der Waals surface area contributed by atoms with E-state index < -0.39 is 0 Å². The topological polar surface area (TPSA) is 69.0 Å². The van der Waals surface area contributed by atoms with Crippen LogP contribution in [0.1, 0.15) is 40.2 Å². The SMILES string of the molecule is CNSC.Cc1sc(N(CC2CCC2)c2ccc(C#N)cc2)nc1C=O. The van der Waals surface area contributed by atoms with Gasteiger partial charge in [0.15, 0.2) is 11.4 Å². The number of carbonyl (C=O) groups excluding carboxylic acids is 1. The Morgan fingerprint density at radius 3 is 2.50 bits per heavy atom. The fourth-order valence-corrected chi connectivity index (χ4v) is 3.47. The van der Waals surface area contributed by atoms with Crippen LogP contribution in [0.15, 0.2) is 24.3 Å². The zero-order valence-corrected chi connectivity index (χ0v) is 17.0. The van der Waals surface area contributed by atoms with Gasteiger partial charge < -0.3 is 4.90 Å². The second kappa shape index (κ2) is 10.3. The molecule has 26 heavy (non-hydrogen) atoms. The highest BCUT2D eigenvalue weighted by Crippen LogP contribution is 2.35. The van der Waals surface area contributed by atoms with E-state index >= 15 is 0 Å². The van der Waals surface area contributed by atoms with Crippen LogP contribution in [0.4, 0.5) is 10.8 Å². The summed E-state index contributed by atoms with van der Waals surface area (Å²) in [4.78, 5) is 18.7. The summed E-state index contributed by atoms with van der Waals surface area (Å²) in [6.45, 7) is 2.84. The number of nitrogens with zero attached hydrogens (tertiary/aromatic N) is 3. The average Bonchev–Trinajstić information content (AvgIpc) is 3.01. The summed E-state index contributed by atoms with van der Waals surface area (Å²) in [5, 5.41) is 9.79. The molecule has 0 aliphatic heterocycles. The van der Waals surface area contributed by atoms with Gasteiger partial charge in [-0.05, 0) is 63.3 Å². The van der Waals surface area contributed by atoms with Crippen LogP contribution in [0.3, 0.4) is 0 Å². The molecule has 0 unspecified atom stereocenters. The number of aryl methyl sites for hydroxylation is 1. The van der Waals surface area contributed by atoms with E-state index in [-0.39, 0.29) is 0 Å².